The lowest BCUT2D eigenvalue weighted by molar-refractivity contribution is -0.116. The van der Waals surface area contributed by atoms with Crippen LogP contribution in [0.15, 0.2) is 42.5 Å². The second-order valence-corrected chi connectivity index (χ2v) is 7.15. The molecule has 7 nitrogen and oxygen atoms in total. The molecule has 2 aromatic carbocycles. The summed E-state index contributed by atoms with van der Waals surface area (Å²) in [7, 11) is 0. The fourth-order valence-electron chi connectivity index (χ4n) is 2.70. The third-order valence-electron chi connectivity index (χ3n) is 4.77. The van der Waals surface area contributed by atoms with Gasteiger partial charge in [0, 0.05) is 35.1 Å². The minimum Gasteiger partial charge on any atom is -0.376 e. The quantitative estimate of drug-likeness (QED) is 0.503. The zero-order valence-corrected chi connectivity index (χ0v) is 18.0. The Morgan fingerprint density at radius 1 is 0.933 bits per heavy atom. The van der Waals surface area contributed by atoms with E-state index in [1.165, 1.54) is 0 Å². The van der Waals surface area contributed by atoms with Gasteiger partial charge in [0.15, 0.2) is 0 Å². The highest BCUT2D eigenvalue weighted by Crippen LogP contribution is 2.23. The summed E-state index contributed by atoms with van der Waals surface area (Å²) in [6, 6.07) is 12.5. The Kier molecular flexibility index (Phi) is 8.41. The number of rotatable bonds is 9. The van der Waals surface area contributed by atoms with Crippen LogP contribution in [0.3, 0.4) is 0 Å². The van der Waals surface area contributed by atoms with Gasteiger partial charge in [-0.25, -0.2) is 0 Å². The highest BCUT2D eigenvalue weighted by atomic mass is 16.2. The van der Waals surface area contributed by atoms with E-state index in [4.69, 9.17) is 0 Å². The first kappa shape index (κ1) is 22.9. The molecule has 0 bridgehead atoms. The van der Waals surface area contributed by atoms with Gasteiger partial charge in [-0.3, -0.25) is 14.4 Å². The topological polar surface area (TPSA) is 99.3 Å². The van der Waals surface area contributed by atoms with E-state index < -0.39 is 0 Å². The number of hydrogen-bond acceptors (Lipinski definition) is 4. The molecule has 0 fully saturated rings. The van der Waals surface area contributed by atoms with Gasteiger partial charge in [-0.1, -0.05) is 26.0 Å². The monoisotopic (exact) mass is 410 g/mol. The summed E-state index contributed by atoms with van der Waals surface area (Å²) in [6.07, 6.45) is 1.24. The summed E-state index contributed by atoms with van der Waals surface area (Å²) in [5, 5.41) is 11.6. The molecular formula is C23H30N4O3. The Balaban J connectivity index is 1.97. The molecule has 1 atom stereocenters. The van der Waals surface area contributed by atoms with Crippen LogP contribution in [0, 0.1) is 6.92 Å². The van der Waals surface area contributed by atoms with Crippen molar-refractivity contribution in [2.75, 3.05) is 22.5 Å². The van der Waals surface area contributed by atoms with Crippen molar-refractivity contribution in [3.05, 3.63) is 53.6 Å². The maximum Gasteiger partial charge on any atom is 0.251 e. The van der Waals surface area contributed by atoms with E-state index in [2.05, 4.69) is 21.3 Å². The fraction of sp³-hybridized carbons (Fsp3) is 0.348. The van der Waals surface area contributed by atoms with Crippen molar-refractivity contribution in [2.45, 2.75) is 46.6 Å². The van der Waals surface area contributed by atoms with Crippen molar-refractivity contribution in [1.29, 1.82) is 0 Å². The van der Waals surface area contributed by atoms with Gasteiger partial charge in [0.2, 0.25) is 11.8 Å². The standard InChI is InChI=1S/C23H30N4O3/c1-5-15(3)25-23(30)17-9-7-10-18(13-17)24-14-22(29)27-20-12-8-11-19(16(20)4)26-21(28)6-2/h7-13,15,24H,5-6,14H2,1-4H3,(H,25,30)(H,26,28)(H,27,29). The van der Waals surface area contributed by atoms with Crippen LogP contribution in [0.5, 0.6) is 0 Å². The molecule has 4 N–H and O–H groups in total. The normalized spacial score (nSPS) is 11.3. The van der Waals surface area contributed by atoms with Gasteiger partial charge in [-0.15, -0.1) is 0 Å². The Morgan fingerprint density at radius 2 is 1.57 bits per heavy atom. The number of amides is 3. The maximum absolute atomic E-state index is 12.4. The molecule has 0 saturated heterocycles. The van der Waals surface area contributed by atoms with Gasteiger partial charge in [0.25, 0.3) is 5.91 Å². The molecule has 2 rings (SSSR count). The summed E-state index contributed by atoms with van der Waals surface area (Å²) in [6.45, 7) is 7.63. The summed E-state index contributed by atoms with van der Waals surface area (Å²) >= 11 is 0. The van der Waals surface area contributed by atoms with Crippen LogP contribution in [0.25, 0.3) is 0 Å². The largest absolute Gasteiger partial charge is 0.376 e. The van der Waals surface area contributed by atoms with E-state index in [0.717, 1.165) is 12.0 Å². The summed E-state index contributed by atoms with van der Waals surface area (Å²) in [5.74, 6) is -0.453. The fourth-order valence-corrected chi connectivity index (χ4v) is 2.70. The van der Waals surface area contributed by atoms with E-state index >= 15 is 0 Å². The molecule has 30 heavy (non-hydrogen) atoms. The molecule has 2 aromatic rings. The third-order valence-corrected chi connectivity index (χ3v) is 4.77. The number of anilines is 3. The molecular weight excluding hydrogens is 380 g/mol. The van der Waals surface area contributed by atoms with E-state index in [-0.39, 0.29) is 30.3 Å². The van der Waals surface area contributed by atoms with Crippen molar-refractivity contribution < 1.29 is 14.4 Å². The van der Waals surface area contributed by atoms with E-state index in [9.17, 15) is 14.4 Å². The molecule has 0 aromatic heterocycles. The lowest BCUT2D eigenvalue weighted by Crippen LogP contribution is -2.31. The van der Waals surface area contributed by atoms with E-state index in [1.807, 2.05) is 20.8 Å². The zero-order valence-electron chi connectivity index (χ0n) is 18.0. The highest BCUT2D eigenvalue weighted by molar-refractivity contribution is 5.98. The molecule has 0 saturated carbocycles. The van der Waals surface area contributed by atoms with Crippen LogP contribution in [0.2, 0.25) is 0 Å². The Morgan fingerprint density at radius 3 is 2.20 bits per heavy atom. The van der Waals surface area contributed by atoms with Crippen molar-refractivity contribution in [3.63, 3.8) is 0 Å². The van der Waals surface area contributed by atoms with Gasteiger partial charge in [0.05, 0.1) is 6.54 Å². The number of carbonyl (C=O) groups excluding carboxylic acids is 3. The second-order valence-electron chi connectivity index (χ2n) is 7.15. The summed E-state index contributed by atoms with van der Waals surface area (Å²) in [5.41, 5.74) is 3.32. The van der Waals surface area contributed by atoms with E-state index in [1.54, 1.807) is 49.4 Å². The van der Waals surface area contributed by atoms with E-state index in [0.29, 0.717) is 29.0 Å². The molecule has 1 unspecified atom stereocenters. The lowest BCUT2D eigenvalue weighted by atomic mass is 10.1. The number of hydrogen-bond donors (Lipinski definition) is 4. The third kappa shape index (κ3) is 6.62. The smallest absolute Gasteiger partial charge is 0.251 e. The first-order valence-corrected chi connectivity index (χ1v) is 10.2. The molecule has 0 aliphatic carbocycles. The number of nitrogens with one attached hydrogen (secondary N) is 4. The molecule has 0 radical (unpaired) electrons. The molecule has 7 heteroatoms. The molecule has 0 spiro atoms. The molecule has 160 valence electrons. The van der Waals surface area contributed by atoms with Crippen LogP contribution in [0.1, 0.15) is 49.5 Å². The van der Waals surface area contributed by atoms with Crippen LogP contribution >= 0.6 is 0 Å². The average Bonchev–Trinajstić information content (AvgIpc) is 2.75. The molecule has 0 aliphatic heterocycles. The van der Waals surface area contributed by atoms with Crippen molar-refractivity contribution in [1.82, 2.24) is 5.32 Å². The van der Waals surface area contributed by atoms with Gasteiger partial charge in [-0.2, -0.15) is 0 Å². The first-order valence-electron chi connectivity index (χ1n) is 10.2. The molecule has 3 amide bonds. The SMILES string of the molecule is CCC(=O)Nc1cccc(NC(=O)CNc2cccc(C(=O)NC(C)CC)c2)c1C. The summed E-state index contributed by atoms with van der Waals surface area (Å²) in [4.78, 5) is 36.3. The Hall–Kier alpha value is -3.35. The maximum atomic E-state index is 12.4. The molecule has 0 aliphatic rings. The minimum absolute atomic E-state index is 0.0431. The predicted molar refractivity (Wildman–Crippen MR) is 121 cm³/mol. The second kappa shape index (κ2) is 11.0. The van der Waals surface area contributed by atoms with Crippen LogP contribution in [-0.2, 0) is 9.59 Å². The first-order chi connectivity index (χ1) is 14.3. The van der Waals surface area contributed by atoms with Crippen LogP contribution in [0.4, 0.5) is 17.1 Å². The van der Waals surface area contributed by atoms with Gasteiger partial charge in [-0.05, 0) is 56.2 Å². The minimum atomic E-state index is -0.230. The predicted octanol–water partition coefficient (Wildman–Crippen LogP) is 3.92. The van der Waals surface area contributed by atoms with Gasteiger partial charge >= 0.3 is 0 Å². The Labute approximate surface area is 177 Å². The van der Waals surface area contributed by atoms with Gasteiger partial charge < -0.3 is 21.3 Å². The van der Waals surface area contributed by atoms with Crippen molar-refractivity contribution in [3.8, 4) is 0 Å². The zero-order chi connectivity index (χ0) is 22.1. The van der Waals surface area contributed by atoms with Crippen molar-refractivity contribution >= 4 is 34.8 Å². The van der Waals surface area contributed by atoms with Gasteiger partial charge in [0.1, 0.15) is 0 Å². The number of carbonyl (C=O) groups is 3. The van der Waals surface area contributed by atoms with Crippen LogP contribution < -0.4 is 21.3 Å². The summed E-state index contributed by atoms with van der Waals surface area (Å²) < 4.78 is 0. The lowest BCUT2D eigenvalue weighted by Gasteiger charge is -2.14. The highest BCUT2D eigenvalue weighted by Gasteiger charge is 2.11. The van der Waals surface area contributed by atoms with Crippen molar-refractivity contribution in [2.24, 2.45) is 0 Å². The molecule has 0 heterocycles. The number of benzene rings is 2. The average molecular weight is 411 g/mol. The van der Waals surface area contributed by atoms with Crippen LogP contribution in [-0.4, -0.2) is 30.3 Å². The Bertz CT molecular complexity index is 911.